The van der Waals surface area contributed by atoms with E-state index in [9.17, 15) is 0 Å². The normalized spacial score (nSPS) is 19.0. The third kappa shape index (κ3) is 2.88. The predicted octanol–water partition coefficient (Wildman–Crippen LogP) is 3.58. The molecule has 3 rings (SSSR count). The second-order valence-corrected chi connectivity index (χ2v) is 5.62. The highest BCUT2D eigenvalue weighted by Crippen LogP contribution is 2.24. The van der Waals surface area contributed by atoms with Gasteiger partial charge in [-0.25, -0.2) is 9.97 Å². The third-order valence-corrected chi connectivity index (χ3v) is 3.81. The van der Waals surface area contributed by atoms with Crippen molar-refractivity contribution in [2.24, 2.45) is 0 Å². The minimum atomic E-state index is 0.312. The van der Waals surface area contributed by atoms with E-state index in [-0.39, 0.29) is 0 Å². The van der Waals surface area contributed by atoms with E-state index < -0.39 is 0 Å². The topological polar surface area (TPSA) is 37.8 Å². The maximum absolute atomic E-state index is 4.80. The molecule has 104 valence electrons. The molecule has 0 saturated carbocycles. The van der Waals surface area contributed by atoms with E-state index >= 15 is 0 Å². The predicted molar refractivity (Wildman–Crippen MR) is 81.5 cm³/mol. The lowest BCUT2D eigenvalue weighted by Gasteiger charge is -2.22. The molecule has 0 radical (unpaired) electrons. The average molecular weight is 267 g/mol. The van der Waals surface area contributed by atoms with Crippen molar-refractivity contribution in [1.29, 1.82) is 0 Å². The summed E-state index contributed by atoms with van der Waals surface area (Å²) in [5.74, 6) is 0.946. The molecule has 0 aliphatic carbocycles. The van der Waals surface area contributed by atoms with Crippen molar-refractivity contribution in [2.45, 2.75) is 39.2 Å². The van der Waals surface area contributed by atoms with Crippen molar-refractivity contribution in [3.05, 3.63) is 47.4 Å². The first-order chi connectivity index (χ1) is 9.72. The van der Waals surface area contributed by atoms with E-state index in [2.05, 4.69) is 47.6 Å². The second kappa shape index (κ2) is 5.71. The minimum absolute atomic E-state index is 0.312. The molecule has 3 nitrogen and oxygen atoms in total. The maximum Gasteiger partial charge on any atom is 0.146 e. The van der Waals surface area contributed by atoms with Crippen LogP contribution in [0.3, 0.4) is 0 Å². The molecule has 0 amide bonds. The summed E-state index contributed by atoms with van der Waals surface area (Å²) < 4.78 is 0. The number of nitrogens with zero attached hydrogens (tertiary/aromatic N) is 2. The molecule has 1 N–H and O–H groups in total. The van der Waals surface area contributed by atoms with E-state index in [1.807, 2.05) is 6.92 Å². The van der Waals surface area contributed by atoms with Gasteiger partial charge in [0.2, 0.25) is 0 Å². The number of nitrogens with one attached hydrogen (secondary N) is 1. The number of benzene rings is 1. The maximum atomic E-state index is 4.80. The lowest BCUT2D eigenvalue weighted by atomic mass is 10.0. The molecule has 1 saturated heterocycles. The van der Waals surface area contributed by atoms with Gasteiger partial charge in [-0.1, -0.05) is 30.2 Å². The smallest absolute Gasteiger partial charge is 0.146 e. The number of hydrogen-bond acceptors (Lipinski definition) is 3. The fourth-order valence-corrected chi connectivity index (χ4v) is 2.77. The largest absolute Gasteiger partial charge is 0.307 e. The Balaban J connectivity index is 1.97. The number of aryl methyl sites for hydroxylation is 2. The molecule has 0 bridgehead atoms. The standard InChI is InChI=1S/C17H21N3/c1-12-6-5-7-14(10-12)16-11-13(2)19-17(20-16)15-8-3-4-9-18-15/h5-7,10-11,15,18H,3-4,8-9H2,1-2H3. The van der Waals surface area contributed by atoms with Gasteiger partial charge in [0.15, 0.2) is 0 Å². The molecule has 1 aromatic heterocycles. The van der Waals surface area contributed by atoms with E-state index in [4.69, 9.17) is 4.98 Å². The van der Waals surface area contributed by atoms with Crippen LogP contribution in [0.2, 0.25) is 0 Å². The molecule has 1 atom stereocenters. The summed E-state index contributed by atoms with van der Waals surface area (Å²) in [7, 11) is 0. The Labute approximate surface area is 120 Å². The van der Waals surface area contributed by atoms with Crippen molar-refractivity contribution in [1.82, 2.24) is 15.3 Å². The van der Waals surface area contributed by atoms with Gasteiger partial charge in [-0.2, -0.15) is 0 Å². The number of rotatable bonds is 2. The number of piperidine rings is 1. The van der Waals surface area contributed by atoms with Gasteiger partial charge in [0.05, 0.1) is 11.7 Å². The van der Waals surface area contributed by atoms with Crippen LogP contribution in [-0.4, -0.2) is 16.5 Å². The van der Waals surface area contributed by atoms with Gasteiger partial charge in [-0.3, -0.25) is 0 Å². The molecule has 0 spiro atoms. The minimum Gasteiger partial charge on any atom is -0.307 e. The molecule has 2 heterocycles. The Hall–Kier alpha value is -1.74. The highest BCUT2D eigenvalue weighted by atomic mass is 15.0. The van der Waals surface area contributed by atoms with Crippen LogP contribution in [0.5, 0.6) is 0 Å². The lowest BCUT2D eigenvalue weighted by Crippen LogP contribution is -2.28. The van der Waals surface area contributed by atoms with Crippen LogP contribution in [0.15, 0.2) is 30.3 Å². The Kier molecular flexibility index (Phi) is 3.79. The van der Waals surface area contributed by atoms with Gasteiger partial charge < -0.3 is 5.32 Å². The lowest BCUT2D eigenvalue weighted by molar-refractivity contribution is 0.397. The van der Waals surface area contributed by atoms with Crippen molar-refractivity contribution in [3.63, 3.8) is 0 Å². The van der Waals surface area contributed by atoms with Gasteiger partial charge in [0.25, 0.3) is 0 Å². The summed E-state index contributed by atoms with van der Waals surface area (Å²) in [5.41, 5.74) is 4.51. The van der Waals surface area contributed by atoms with Crippen LogP contribution in [-0.2, 0) is 0 Å². The first-order valence-corrected chi connectivity index (χ1v) is 7.38. The van der Waals surface area contributed by atoms with Crippen molar-refractivity contribution in [3.8, 4) is 11.3 Å². The Morgan fingerprint density at radius 3 is 2.75 bits per heavy atom. The van der Waals surface area contributed by atoms with Crippen molar-refractivity contribution >= 4 is 0 Å². The fourth-order valence-electron chi connectivity index (χ4n) is 2.77. The molecule has 1 fully saturated rings. The molecular weight excluding hydrogens is 246 g/mol. The average Bonchev–Trinajstić information content (AvgIpc) is 2.47. The van der Waals surface area contributed by atoms with Gasteiger partial charge in [-0.05, 0) is 45.4 Å². The van der Waals surface area contributed by atoms with E-state index in [0.29, 0.717) is 6.04 Å². The van der Waals surface area contributed by atoms with Crippen molar-refractivity contribution < 1.29 is 0 Å². The first-order valence-electron chi connectivity index (χ1n) is 7.38. The van der Waals surface area contributed by atoms with E-state index in [1.54, 1.807) is 0 Å². The molecule has 1 aromatic carbocycles. The van der Waals surface area contributed by atoms with Crippen LogP contribution < -0.4 is 5.32 Å². The highest BCUT2D eigenvalue weighted by Gasteiger charge is 2.18. The Morgan fingerprint density at radius 2 is 2.00 bits per heavy atom. The highest BCUT2D eigenvalue weighted by molar-refractivity contribution is 5.60. The van der Waals surface area contributed by atoms with E-state index in [1.165, 1.54) is 24.0 Å². The molecule has 1 aliphatic heterocycles. The van der Waals surface area contributed by atoms with Gasteiger partial charge in [-0.15, -0.1) is 0 Å². The summed E-state index contributed by atoms with van der Waals surface area (Å²) in [5, 5.41) is 3.53. The number of aromatic nitrogens is 2. The van der Waals surface area contributed by atoms with E-state index in [0.717, 1.165) is 30.2 Å². The summed E-state index contributed by atoms with van der Waals surface area (Å²) in [6.45, 7) is 5.23. The van der Waals surface area contributed by atoms with Crippen LogP contribution in [0.1, 0.15) is 42.4 Å². The molecule has 1 aliphatic rings. The Bertz CT molecular complexity index is 601. The molecule has 1 unspecified atom stereocenters. The van der Waals surface area contributed by atoms with Gasteiger partial charge in [0, 0.05) is 11.3 Å². The summed E-state index contributed by atoms with van der Waals surface area (Å²) >= 11 is 0. The fraction of sp³-hybridized carbons (Fsp3) is 0.412. The third-order valence-electron chi connectivity index (χ3n) is 3.81. The Morgan fingerprint density at radius 1 is 1.10 bits per heavy atom. The second-order valence-electron chi connectivity index (χ2n) is 5.62. The SMILES string of the molecule is Cc1cccc(-c2cc(C)nc(C3CCCCN3)n2)c1. The summed E-state index contributed by atoms with van der Waals surface area (Å²) in [4.78, 5) is 9.43. The molecule has 3 heteroatoms. The van der Waals surface area contributed by atoms with Crippen molar-refractivity contribution in [2.75, 3.05) is 6.54 Å². The monoisotopic (exact) mass is 267 g/mol. The quantitative estimate of drug-likeness (QED) is 0.903. The van der Waals surface area contributed by atoms with Gasteiger partial charge in [0.1, 0.15) is 5.82 Å². The number of hydrogen-bond donors (Lipinski definition) is 1. The summed E-state index contributed by atoms with van der Waals surface area (Å²) in [6, 6.07) is 10.9. The zero-order chi connectivity index (χ0) is 13.9. The molecule has 20 heavy (non-hydrogen) atoms. The van der Waals surface area contributed by atoms with Gasteiger partial charge >= 0.3 is 0 Å². The zero-order valence-corrected chi connectivity index (χ0v) is 12.2. The first kappa shape index (κ1) is 13.3. The zero-order valence-electron chi connectivity index (χ0n) is 12.2. The van der Waals surface area contributed by atoms with Crippen LogP contribution >= 0.6 is 0 Å². The molecule has 2 aromatic rings. The van der Waals surface area contributed by atoms with Crippen LogP contribution in [0.25, 0.3) is 11.3 Å². The summed E-state index contributed by atoms with van der Waals surface area (Å²) in [6.07, 6.45) is 3.65. The van der Waals surface area contributed by atoms with Crippen LogP contribution in [0, 0.1) is 13.8 Å². The van der Waals surface area contributed by atoms with Crippen LogP contribution in [0.4, 0.5) is 0 Å². The molecular formula is C17H21N3.